The van der Waals surface area contributed by atoms with Gasteiger partial charge >= 0.3 is 0 Å². The number of aromatic nitrogens is 2. The molecule has 8 heteroatoms. The van der Waals surface area contributed by atoms with Gasteiger partial charge in [-0.15, -0.1) is 0 Å². The molecule has 186 valence electrons. The van der Waals surface area contributed by atoms with Gasteiger partial charge in [-0.1, -0.05) is 56.4 Å². The molecule has 0 unspecified atom stereocenters. The molecule has 2 heterocycles. The Hall–Kier alpha value is -4.30. The van der Waals surface area contributed by atoms with Crippen LogP contribution in [0, 0.1) is 0 Å². The number of anilines is 2. The van der Waals surface area contributed by atoms with Gasteiger partial charge in [-0.2, -0.15) is 0 Å². The third kappa shape index (κ3) is 5.29. The fraction of sp³-hybridized carbons (Fsp3) is 0.172. The summed E-state index contributed by atoms with van der Waals surface area (Å²) >= 11 is 1.39. The molecule has 0 radical (unpaired) electrons. The summed E-state index contributed by atoms with van der Waals surface area (Å²) in [5.74, 6) is 0.101. The predicted octanol–water partition coefficient (Wildman–Crippen LogP) is 7.13. The molecule has 2 aromatic heterocycles. The Labute approximate surface area is 218 Å². The molecule has 3 aromatic carbocycles. The van der Waals surface area contributed by atoms with Gasteiger partial charge in [0.15, 0.2) is 16.6 Å². The molecule has 2 N–H and O–H groups in total. The summed E-state index contributed by atoms with van der Waals surface area (Å²) in [6.07, 6.45) is 0. The molecule has 0 fully saturated rings. The lowest BCUT2D eigenvalue weighted by molar-refractivity contribution is -0.114. The van der Waals surface area contributed by atoms with Crippen molar-refractivity contribution in [3.05, 3.63) is 84.1 Å². The number of para-hydroxylation sites is 1. The lowest BCUT2D eigenvalue weighted by Crippen LogP contribution is -2.13. The lowest BCUT2D eigenvalue weighted by atomic mass is 9.87. The van der Waals surface area contributed by atoms with E-state index in [1.54, 1.807) is 24.3 Å². The van der Waals surface area contributed by atoms with Gasteiger partial charge in [0.1, 0.15) is 0 Å². The van der Waals surface area contributed by atoms with E-state index in [-0.39, 0.29) is 17.0 Å². The summed E-state index contributed by atoms with van der Waals surface area (Å²) in [4.78, 5) is 33.9. The Balaban J connectivity index is 1.52. The SMILES string of the molecule is CC(=O)Nc1ccc(-c2oc(-c3ccc(C(C)(C)C)cc3)nc2C(=O)Nc2nc3ccccc3s2)cc1. The topological polar surface area (TPSA) is 97.1 Å². The molecule has 7 nitrogen and oxygen atoms in total. The van der Waals surface area contributed by atoms with Gasteiger partial charge in [-0.05, 0) is 59.5 Å². The average Bonchev–Trinajstić information content (AvgIpc) is 3.48. The number of benzene rings is 3. The quantitative estimate of drug-likeness (QED) is 0.262. The summed E-state index contributed by atoms with van der Waals surface area (Å²) in [6.45, 7) is 7.91. The minimum absolute atomic E-state index is 0.0121. The molecule has 37 heavy (non-hydrogen) atoms. The normalized spacial score (nSPS) is 11.5. The number of amides is 2. The first-order valence-corrected chi connectivity index (χ1v) is 12.7. The Morgan fingerprint density at radius 3 is 2.16 bits per heavy atom. The highest BCUT2D eigenvalue weighted by Gasteiger charge is 2.24. The van der Waals surface area contributed by atoms with Gasteiger partial charge in [0.2, 0.25) is 11.8 Å². The van der Waals surface area contributed by atoms with E-state index in [2.05, 4.69) is 41.4 Å². The number of nitrogens with one attached hydrogen (secondary N) is 2. The number of carbonyl (C=O) groups excluding carboxylic acids is 2. The molecule has 5 rings (SSSR count). The monoisotopic (exact) mass is 510 g/mol. The molecule has 0 aliphatic carbocycles. The second-order valence-corrected chi connectivity index (χ2v) is 10.8. The molecule has 0 aliphatic rings. The fourth-order valence-electron chi connectivity index (χ4n) is 3.90. The van der Waals surface area contributed by atoms with E-state index in [0.29, 0.717) is 28.0 Å². The molecule has 2 amide bonds. The molecule has 0 bridgehead atoms. The standard InChI is InChI=1S/C29H26N4O3S/c1-17(34)30-21-15-11-18(12-16-21)25-24(26(35)33-28-31-22-7-5-6-8-23(22)37-28)32-27(36-25)19-9-13-20(14-10-19)29(2,3)4/h5-16H,1-4H3,(H,30,34)(H,31,33,35). The summed E-state index contributed by atoms with van der Waals surface area (Å²) in [7, 11) is 0. The number of carbonyl (C=O) groups is 2. The van der Waals surface area contributed by atoms with Crippen molar-refractivity contribution in [1.29, 1.82) is 0 Å². The van der Waals surface area contributed by atoms with Gasteiger partial charge in [0.25, 0.3) is 5.91 Å². The highest BCUT2D eigenvalue weighted by Crippen LogP contribution is 2.33. The molecule has 0 saturated carbocycles. The van der Waals surface area contributed by atoms with Crippen LogP contribution in [0.15, 0.2) is 77.2 Å². The van der Waals surface area contributed by atoms with Crippen LogP contribution in [0.1, 0.15) is 43.7 Å². The average molecular weight is 511 g/mol. The number of hydrogen-bond acceptors (Lipinski definition) is 6. The molecule has 0 aliphatic heterocycles. The van der Waals surface area contributed by atoms with Crippen molar-refractivity contribution in [2.24, 2.45) is 0 Å². The van der Waals surface area contributed by atoms with E-state index in [9.17, 15) is 9.59 Å². The zero-order valence-corrected chi connectivity index (χ0v) is 21.8. The molecule has 0 atom stereocenters. The maximum absolute atomic E-state index is 13.4. The Morgan fingerprint density at radius 1 is 0.838 bits per heavy atom. The number of rotatable bonds is 5. The van der Waals surface area contributed by atoms with Gasteiger partial charge in [-0.3, -0.25) is 14.9 Å². The first-order chi connectivity index (χ1) is 17.7. The minimum atomic E-state index is -0.415. The lowest BCUT2D eigenvalue weighted by Gasteiger charge is -2.18. The number of hydrogen-bond donors (Lipinski definition) is 2. The maximum atomic E-state index is 13.4. The fourth-order valence-corrected chi connectivity index (χ4v) is 4.76. The Bertz CT molecular complexity index is 1560. The summed E-state index contributed by atoms with van der Waals surface area (Å²) in [6, 6.07) is 22.8. The van der Waals surface area contributed by atoms with Crippen LogP contribution in [-0.4, -0.2) is 21.8 Å². The molecular weight excluding hydrogens is 484 g/mol. The smallest absolute Gasteiger partial charge is 0.280 e. The van der Waals surface area contributed by atoms with E-state index < -0.39 is 5.91 Å². The van der Waals surface area contributed by atoms with Crippen LogP contribution >= 0.6 is 11.3 Å². The van der Waals surface area contributed by atoms with Crippen molar-refractivity contribution < 1.29 is 14.0 Å². The summed E-state index contributed by atoms with van der Waals surface area (Å²) in [5.41, 5.74) is 4.24. The van der Waals surface area contributed by atoms with Gasteiger partial charge < -0.3 is 9.73 Å². The Morgan fingerprint density at radius 2 is 1.51 bits per heavy atom. The van der Waals surface area contributed by atoms with E-state index in [1.165, 1.54) is 23.8 Å². The number of fused-ring (bicyclic) bond motifs is 1. The van der Waals surface area contributed by atoms with Crippen LogP contribution in [0.25, 0.3) is 33.0 Å². The molecule has 0 spiro atoms. The van der Waals surface area contributed by atoms with Crippen molar-refractivity contribution in [1.82, 2.24) is 9.97 Å². The van der Waals surface area contributed by atoms with Crippen molar-refractivity contribution >= 4 is 44.2 Å². The van der Waals surface area contributed by atoms with E-state index in [1.807, 2.05) is 48.5 Å². The van der Waals surface area contributed by atoms with Crippen molar-refractivity contribution in [3.63, 3.8) is 0 Å². The zero-order chi connectivity index (χ0) is 26.2. The highest BCUT2D eigenvalue weighted by molar-refractivity contribution is 7.22. The van der Waals surface area contributed by atoms with E-state index in [4.69, 9.17) is 4.42 Å². The number of nitrogens with zero attached hydrogens (tertiary/aromatic N) is 2. The predicted molar refractivity (Wildman–Crippen MR) is 148 cm³/mol. The number of oxazole rings is 1. The van der Waals surface area contributed by atoms with Crippen LogP contribution in [0.5, 0.6) is 0 Å². The second kappa shape index (κ2) is 9.63. The molecular formula is C29H26N4O3S. The van der Waals surface area contributed by atoms with Gasteiger partial charge in [-0.25, -0.2) is 9.97 Å². The Kier molecular flexibility index (Phi) is 6.35. The van der Waals surface area contributed by atoms with E-state index in [0.717, 1.165) is 15.8 Å². The first kappa shape index (κ1) is 24.4. The highest BCUT2D eigenvalue weighted by atomic mass is 32.1. The van der Waals surface area contributed by atoms with Crippen molar-refractivity contribution in [3.8, 4) is 22.8 Å². The minimum Gasteiger partial charge on any atom is -0.435 e. The van der Waals surface area contributed by atoms with Crippen molar-refractivity contribution in [2.45, 2.75) is 33.1 Å². The van der Waals surface area contributed by atoms with Gasteiger partial charge in [0.05, 0.1) is 10.2 Å². The second-order valence-electron chi connectivity index (χ2n) is 9.72. The maximum Gasteiger partial charge on any atom is 0.280 e. The van der Waals surface area contributed by atoms with Crippen LogP contribution in [0.4, 0.5) is 10.8 Å². The van der Waals surface area contributed by atoms with Crippen LogP contribution in [-0.2, 0) is 10.2 Å². The molecule has 5 aromatic rings. The summed E-state index contributed by atoms with van der Waals surface area (Å²) < 4.78 is 7.15. The van der Waals surface area contributed by atoms with Gasteiger partial charge in [0, 0.05) is 23.7 Å². The van der Waals surface area contributed by atoms with Crippen LogP contribution < -0.4 is 10.6 Å². The number of thiazole rings is 1. The van der Waals surface area contributed by atoms with E-state index >= 15 is 0 Å². The van der Waals surface area contributed by atoms with Crippen LogP contribution in [0.3, 0.4) is 0 Å². The third-order valence-corrected chi connectivity index (χ3v) is 6.77. The summed E-state index contributed by atoms with van der Waals surface area (Å²) in [5, 5.41) is 6.10. The largest absolute Gasteiger partial charge is 0.435 e. The first-order valence-electron chi connectivity index (χ1n) is 11.8. The third-order valence-electron chi connectivity index (χ3n) is 5.82. The zero-order valence-electron chi connectivity index (χ0n) is 21.0. The van der Waals surface area contributed by atoms with Crippen LogP contribution in [0.2, 0.25) is 0 Å². The molecule has 0 saturated heterocycles. The van der Waals surface area contributed by atoms with Crippen molar-refractivity contribution in [2.75, 3.05) is 10.6 Å².